The van der Waals surface area contributed by atoms with E-state index in [2.05, 4.69) is 5.32 Å². The van der Waals surface area contributed by atoms with Crippen LogP contribution in [0.3, 0.4) is 0 Å². The summed E-state index contributed by atoms with van der Waals surface area (Å²) < 4.78 is 35.8. The Morgan fingerprint density at radius 2 is 2.16 bits per heavy atom. The lowest BCUT2D eigenvalue weighted by Gasteiger charge is -2.24. The molecule has 19 heavy (non-hydrogen) atoms. The van der Waals surface area contributed by atoms with Gasteiger partial charge in [0.25, 0.3) is 5.91 Å². The number of carbonyl (C=O) groups is 1. The molecule has 1 amide bonds. The highest BCUT2D eigenvalue weighted by Gasteiger charge is 2.39. The molecule has 3 N–H and O–H groups in total. The highest BCUT2D eigenvalue weighted by Crippen LogP contribution is 2.24. The number of sulfone groups is 1. The molecule has 1 aliphatic rings. The summed E-state index contributed by atoms with van der Waals surface area (Å²) in [7, 11) is -3.10. The number of carbonyl (C=O) groups excluding carboxylic acids is 1. The van der Waals surface area contributed by atoms with Gasteiger partial charge in [0.2, 0.25) is 0 Å². The molecule has 0 spiro atoms. The molecular weight excluding hydrogens is 271 g/mol. The number of hydrogen-bond donors (Lipinski definition) is 2. The standard InChI is InChI=1S/C12H15FN2O3S/c1-12(4-5-19(17,18)7-12)15-11(16)9-3-2-8(13)6-10(9)14/h2-3,6H,4-5,7,14H2,1H3,(H,15,16). The van der Waals surface area contributed by atoms with Gasteiger partial charge < -0.3 is 11.1 Å². The van der Waals surface area contributed by atoms with Crippen LogP contribution in [0.25, 0.3) is 0 Å². The molecule has 1 fully saturated rings. The van der Waals surface area contributed by atoms with Crippen LogP contribution < -0.4 is 11.1 Å². The SMILES string of the molecule is CC1(NC(=O)c2ccc(F)cc2N)CCS(=O)(=O)C1. The van der Waals surface area contributed by atoms with Gasteiger partial charge in [-0.05, 0) is 31.5 Å². The summed E-state index contributed by atoms with van der Waals surface area (Å²) in [4.78, 5) is 12.0. The molecule has 0 radical (unpaired) electrons. The van der Waals surface area contributed by atoms with Crippen LogP contribution in [0, 0.1) is 5.82 Å². The summed E-state index contributed by atoms with van der Waals surface area (Å²) in [5.41, 5.74) is 4.95. The number of hydrogen-bond acceptors (Lipinski definition) is 4. The first kappa shape index (κ1) is 13.8. The van der Waals surface area contributed by atoms with Gasteiger partial charge in [0.05, 0.1) is 22.6 Å². The van der Waals surface area contributed by atoms with E-state index in [0.29, 0.717) is 6.42 Å². The molecule has 0 aliphatic carbocycles. The number of halogens is 1. The minimum atomic E-state index is -3.10. The van der Waals surface area contributed by atoms with Gasteiger partial charge in [-0.1, -0.05) is 0 Å². The molecule has 5 nitrogen and oxygen atoms in total. The molecule has 104 valence electrons. The summed E-state index contributed by atoms with van der Waals surface area (Å²) in [6.45, 7) is 1.68. The van der Waals surface area contributed by atoms with E-state index in [-0.39, 0.29) is 22.8 Å². The van der Waals surface area contributed by atoms with E-state index in [1.165, 1.54) is 6.07 Å². The average molecular weight is 286 g/mol. The van der Waals surface area contributed by atoms with Crippen molar-refractivity contribution in [2.24, 2.45) is 0 Å². The third-order valence-electron chi connectivity index (χ3n) is 3.18. The van der Waals surface area contributed by atoms with Crippen LogP contribution in [-0.4, -0.2) is 31.4 Å². The van der Waals surface area contributed by atoms with Crippen LogP contribution in [0.4, 0.5) is 10.1 Å². The summed E-state index contributed by atoms with van der Waals surface area (Å²) in [5.74, 6) is -1.05. The molecule has 1 atom stereocenters. The largest absolute Gasteiger partial charge is 0.398 e. The monoisotopic (exact) mass is 286 g/mol. The second-order valence-corrected chi connectivity index (χ2v) is 7.27. The summed E-state index contributed by atoms with van der Waals surface area (Å²) >= 11 is 0. The fraction of sp³-hybridized carbons (Fsp3) is 0.417. The molecule has 1 aromatic rings. The number of benzene rings is 1. The van der Waals surface area contributed by atoms with E-state index in [9.17, 15) is 17.6 Å². The van der Waals surface area contributed by atoms with Crippen molar-refractivity contribution in [2.45, 2.75) is 18.9 Å². The molecule has 1 unspecified atom stereocenters. The summed E-state index contributed by atoms with van der Waals surface area (Å²) in [6, 6.07) is 3.48. The third-order valence-corrected chi connectivity index (χ3v) is 5.08. The zero-order valence-corrected chi connectivity index (χ0v) is 11.3. The maximum atomic E-state index is 12.9. The second-order valence-electron chi connectivity index (χ2n) is 5.09. The Hall–Kier alpha value is -1.63. The summed E-state index contributed by atoms with van der Waals surface area (Å²) in [5, 5.41) is 2.67. The van der Waals surface area contributed by atoms with Gasteiger partial charge in [-0.15, -0.1) is 0 Å². The fourth-order valence-corrected chi connectivity index (χ4v) is 4.28. The van der Waals surface area contributed by atoms with Crippen molar-refractivity contribution in [2.75, 3.05) is 17.2 Å². The van der Waals surface area contributed by atoms with Crippen molar-refractivity contribution < 1.29 is 17.6 Å². The Morgan fingerprint density at radius 3 is 2.68 bits per heavy atom. The van der Waals surface area contributed by atoms with Crippen LogP contribution in [0.1, 0.15) is 23.7 Å². The topological polar surface area (TPSA) is 89.3 Å². The Labute approximate surface area is 110 Å². The maximum Gasteiger partial charge on any atom is 0.253 e. The van der Waals surface area contributed by atoms with Crippen molar-refractivity contribution in [1.82, 2.24) is 5.32 Å². The molecule has 0 aromatic heterocycles. The fourth-order valence-electron chi connectivity index (χ4n) is 2.19. The third kappa shape index (κ3) is 3.04. The number of anilines is 1. The van der Waals surface area contributed by atoms with Gasteiger partial charge in [0.1, 0.15) is 5.82 Å². The lowest BCUT2D eigenvalue weighted by atomic mass is 10.0. The van der Waals surface area contributed by atoms with Crippen molar-refractivity contribution >= 4 is 21.4 Å². The van der Waals surface area contributed by atoms with Gasteiger partial charge in [-0.2, -0.15) is 0 Å². The quantitative estimate of drug-likeness (QED) is 0.784. The Kier molecular flexibility index (Phi) is 3.25. The maximum absolute atomic E-state index is 12.9. The number of nitrogens with one attached hydrogen (secondary N) is 1. The van der Waals surface area contributed by atoms with Crippen molar-refractivity contribution in [3.8, 4) is 0 Å². The highest BCUT2D eigenvalue weighted by molar-refractivity contribution is 7.91. The summed E-state index contributed by atoms with van der Waals surface area (Å²) in [6.07, 6.45) is 0.363. The van der Waals surface area contributed by atoms with Gasteiger partial charge in [0, 0.05) is 5.69 Å². The Morgan fingerprint density at radius 1 is 1.47 bits per heavy atom. The predicted octanol–water partition coefficient (Wildman–Crippen LogP) is 0.715. The van der Waals surface area contributed by atoms with E-state index < -0.39 is 27.1 Å². The number of amides is 1. The van der Waals surface area contributed by atoms with E-state index in [1.54, 1.807) is 6.92 Å². The Bertz CT molecular complexity index is 630. The smallest absolute Gasteiger partial charge is 0.253 e. The normalized spacial score (nSPS) is 25.2. The number of rotatable bonds is 2. The van der Waals surface area contributed by atoms with Gasteiger partial charge >= 0.3 is 0 Å². The van der Waals surface area contributed by atoms with Crippen LogP contribution in [-0.2, 0) is 9.84 Å². The molecule has 1 heterocycles. The number of nitrogens with two attached hydrogens (primary N) is 1. The van der Waals surface area contributed by atoms with Crippen molar-refractivity contribution in [1.29, 1.82) is 0 Å². The first-order chi connectivity index (χ1) is 8.71. The molecule has 2 rings (SSSR count). The molecule has 7 heteroatoms. The van der Waals surface area contributed by atoms with Crippen LogP contribution in [0.2, 0.25) is 0 Å². The van der Waals surface area contributed by atoms with Crippen LogP contribution in [0.15, 0.2) is 18.2 Å². The van der Waals surface area contributed by atoms with Crippen LogP contribution >= 0.6 is 0 Å². The van der Waals surface area contributed by atoms with E-state index >= 15 is 0 Å². The molecule has 1 aromatic carbocycles. The zero-order chi connectivity index (χ0) is 14.3. The lowest BCUT2D eigenvalue weighted by Crippen LogP contribution is -2.47. The van der Waals surface area contributed by atoms with Crippen molar-refractivity contribution in [3.05, 3.63) is 29.6 Å². The second kappa shape index (κ2) is 4.48. The lowest BCUT2D eigenvalue weighted by molar-refractivity contribution is 0.0916. The molecule has 0 saturated carbocycles. The average Bonchev–Trinajstić information content (AvgIpc) is 2.52. The minimum Gasteiger partial charge on any atom is -0.398 e. The van der Waals surface area contributed by atoms with E-state index in [1.807, 2.05) is 0 Å². The van der Waals surface area contributed by atoms with Gasteiger partial charge in [0.15, 0.2) is 9.84 Å². The van der Waals surface area contributed by atoms with E-state index in [0.717, 1.165) is 12.1 Å². The van der Waals surface area contributed by atoms with E-state index in [4.69, 9.17) is 5.73 Å². The zero-order valence-electron chi connectivity index (χ0n) is 10.4. The molecular formula is C12H15FN2O3S. The van der Waals surface area contributed by atoms with Crippen molar-refractivity contribution in [3.63, 3.8) is 0 Å². The first-order valence-corrected chi connectivity index (χ1v) is 7.61. The predicted molar refractivity (Wildman–Crippen MR) is 70.0 cm³/mol. The molecule has 1 saturated heterocycles. The van der Waals surface area contributed by atoms with Crippen LogP contribution in [0.5, 0.6) is 0 Å². The molecule has 0 bridgehead atoms. The first-order valence-electron chi connectivity index (χ1n) is 5.79. The Balaban J connectivity index is 2.18. The van der Waals surface area contributed by atoms with Gasteiger partial charge in [-0.3, -0.25) is 4.79 Å². The number of nitrogen functional groups attached to an aromatic ring is 1. The highest BCUT2D eigenvalue weighted by atomic mass is 32.2. The minimum absolute atomic E-state index is 0.0296. The van der Waals surface area contributed by atoms with Gasteiger partial charge in [-0.25, -0.2) is 12.8 Å². The molecule has 1 aliphatic heterocycles.